The van der Waals surface area contributed by atoms with Crippen LogP contribution in [0.4, 0.5) is 0 Å². The van der Waals surface area contributed by atoms with E-state index in [4.69, 9.17) is 0 Å². The van der Waals surface area contributed by atoms with Crippen LogP contribution in [0, 0.1) is 6.92 Å². The fourth-order valence-corrected chi connectivity index (χ4v) is 2.52. The highest BCUT2D eigenvalue weighted by Gasteiger charge is 2.29. The largest absolute Gasteiger partial charge is 0.350 e. The van der Waals surface area contributed by atoms with Gasteiger partial charge in [-0.15, -0.1) is 5.10 Å². The van der Waals surface area contributed by atoms with Crippen molar-refractivity contribution in [2.45, 2.75) is 32.7 Å². The molecule has 2 rings (SSSR count). The highest BCUT2D eigenvalue weighted by Crippen LogP contribution is 2.27. The van der Waals surface area contributed by atoms with Gasteiger partial charge in [0.15, 0.2) is 0 Å². The minimum atomic E-state index is -0.588. The number of nitrogens with one attached hydrogen (secondary N) is 1. The van der Waals surface area contributed by atoms with Gasteiger partial charge in [0.1, 0.15) is 0 Å². The number of carbonyl (C=O) groups excluding carboxylic acids is 1. The zero-order valence-electron chi connectivity index (χ0n) is 11.6. The number of aromatic nitrogens is 2. The standard InChI is InChI=1S/C14H16BrN3OS/c1-9-6-10(4-5-12(9)15)14(2,3)13(19)16-7-11-8-20-18-17-11/h4-6,8H,7H2,1-3H3,(H,16,19). The van der Waals surface area contributed by atoms with Gasteiger partial charge < -0.3 is 5.32 Å². The Kier molecular flexibility index (Phi) is 4.55. The second-order valence-corrected chi connectivity index (χ2v) is 6.63. The van der Waals surface area contributed by atoms with Crippen LogP contribution >= 0.6 is 27.5 Å². The molecule has 1 amide bonds. The molecular weight excluding hydrogens is 338 g/mol. The van der Waals surface area contributed by atoms with Crippen LogP contribution in [-0.2, 0) is 16.8 Å². The van der Waals surface area contributed by atoms with Crippen molar-refractivity contribution in [2.75, 3.05) is 0 Å². The smallest absolute Gasteiger partial charge is 0.230 e. The molecule has 1 aromatic carbocycles. The topological polar surface area (TPSA) is 54.9 Å². The van der Waals surface area contributed by atoms with Gasteiger partial charge in [-0.25, -0.2) is 0 Å². The molecule has 1 aromatic heterocycles. The molecule has 0 aliphatic heterocycles. The number of amides is 1. The lowest BCUT2D eigenvalue weighted by atomic mass is 9.83. The summed E-state index contributed by atoms with van der Waals surface area (Å²) < 4.78 is 4.82. The molecule has 0 radical (unpaired) electrons. The Morgan fingerprint density at radius 2 is 2.20 bits per heavy atom. The molecule has 106 valence electrons. The van der Waals surface area contributed by atoms with Crippen molar-refractivity contribution in [3.05, 3.63) is 44.9 Å². The maximum atomic E-state index is 12.4. The van der Waals surface area contributed by atoms with Crippen molar-refractivity contribution in [3.8, 4) is 0 Å². The van der Waals surface area contributed by atoms with E-state index in [9.17, 15) is 4.79 Å². The number of nitrogens with zero attached hydrogens (tertiary/aromatic N) is 2. The average molecular weight is 354 g/mol. The van der Waals surface area contributed by atoms with Crippen LogP contribution in [0.25, 0.3) is 0 Å². The van der Waals surface area contributed by atoms with Crippen LogP contribution in [0.3, 0.4) is 0 Å². The summed E-state index contributed by atoms with van der Waals surface area (Å²) in [7, 11) is 0. The van der Waals surface area contributed by atoms with Crippen LogP contribution < -0.4 is 5.32 Å². The Hall–Kier alpha value is -1.27. The summed E-state index contributed by atoms with van der Waals surface area (Å²) in [6.07, 6.45) is 0. The van der Waals surface area contributed by atoms with Crippen molar-refractivity contribution in [1.29, 1.82) is 0 Å². The van der Waals surface area contributed by atoms with Gasteiger partial charge in [-0.1, -0.05) is 32.6 Å². The normalized spacial score (nSPS) is 11.4. The first-order chi connectivity index (χ1) is 9.41. The summed E-state index contributed by atoms with van der Waals surface area (Å²) in [4.78, 5) is 12.4. The molecule has 6 heteroatoms. The fourth-order valence-electron chi connectivity index (χ4n) is 1.82. The predicted octanol–water partition coefficient (Wildman–Crippen LogP) is 3.20. The van der Waals surface area contributed by atoms with E-state index in [1.807, 2.05) is 44.4 Å². The second kappa shape index (κ2) is 6.01. The van der Waals surface area contributed by atoms with Crippen LogP contribution in [-0.4, -0.2) is 15.5 Å². The van der Waals surface area contributed by atoms with Gasteiger partial charge in [-0.3, -0.25) is 4.79 Å². The average Bonchev–Trinajstić information content (AvgIpc) is 2.92. The third kappa shape index (κ3) is 3.24. The Morgan fingerprint density at radius 1 is 1.45 bits per heavy atom. The first-order valence-corrected chi connectivity index (χ1v) is 7.85. The van der Waals surface area contributed by atoms with Crippen LogP contribution in [0.2, 0.25) is 0 Å². The molecular formula is C14H16BrN3OS. The number of carbonyl (C=O) groups is 1. The second-order valence-electron chi connectivity index (χ2n) is 5.17. The summed E-state index contributed by atoms with van der Waals surface area (Å²) >= 11 is 4.76. The molecule has 0 atom stereocenters. The third-order valence-corrected chi connectivity index (χ3v) is 4.73. The monoisotopic (exact) mass is 353 g/mol. The summed E-state index contributed by atoms with van der Waals surface area (Å²) in [6.45, 7) is 6.27. The van der Waals surface area contributed by atoms with Gasteiger partial charge >= 0.3 is 0 Å². The van der Waals surface area contributed by atoms with Gasteiger partial charge in [-0.2, -0.15) is 0 Å². The molecule has 0 aliphatic carbocycles. The van der Waals surface area contributed by atoms with Crippen molar-refractivity contribution in [2.24, 2.45) is 0 Å². The van der Waals surface area contributed by atoms with Gasteiger partial charge in [0.05, 0.1) is 17.7 Å². The van der Waals surface area contributed by atoms with E-state index in [2.05, 4.69) is 30.8 Å². The summed E-state index contributed by atoms with van der Waals surface area (Å²) in [6, 6.07) is 5.99. The first-order valence-electron chi connectivity index (χ1n) is 6.22. The predicted molar refractivity (Wildman–Crippen MR) is 83.7 cm³/mol. The molecule has 0 unspecified atom stereocenters. The molecule has 0 bridgehead atoms. The minimum absolute atomic E-state index is 0.0211. The molecule has 1 heterocycles. The van der Waals surface area contributed by atoms with E-state index < -0.39 is 5.41 Å². The fraction of sp³-hybridized carbons (Fsp3) is 0.357. The van der Waals surface area contributed by atoms with Crippen LogP contribution in [0.15, 0.2) is 28.1 Å². The lowest BCUT2D eigenvalue weighted by Gasteiger charge is -2.24. The maximum Gasteiger partial charge on any atom is 0.230 e. The quantitative estimate of drug-likeness (QED) is 0.917. The lowest BCUT2D eigenvalue weighted by molar-refractivity contribution is -0.125. The number of benzene rings is 1. The number of rotatable bonds is 4. The van der Waals surface area contributed by atoms with Crippen LogP contribution in [0.5, 0.6) is 0 Å². The molecule has 0 spiro atoms. The molecule has 0 fully saturated rings. The zero-order valence-corrected chi connectivity index (χ0v) is 14.0. The molecule has 0 saturated carbocycles. The highest BCUT2D eigenvalue weighted by molar-refractivity contribution is 9.10. The van der Waals surface area contributed by atoms with E-state index in [0.717, 1.165) is 21.3 Å². The number of hydrogen-bond donors (Lipinski definition) is 1. The number of aryl methyl sites for hydroxylation is 1. The lowest BCUT2D eigenvalue weighted by Crippen LogP contribution is -2.39. The van der Waals surface area contributed by atoms with Crippen LogP contribution in [0.1, 0.15) is 30.7 Å². The van der Waals surface area contributed by atoms with Crippen molar-refractivity contribution in [1.82, 2.24) is 14.9 Å². The SMILES string of the molecule is Cc1cc(C(C)(C)C(=O)NCc2csnn2)ccc1Br. The van der Waals surface area contributed by atoms with E-state index >= 15 is 0 Å². The third-order valence-electron chi connectivity index (χ3n) is 3.28. The maximum absolute atomic E-state index is 12.4. The van der Waals surface area contributed by atoms with Crippen molar-refractivity contribution in [3.63, 3.8) is 0 Å². The molecule has 20 heavy (non-hydrogen) atoms. The van der Waals surface area contributed by atoms with Gasteiger partial charge in [0, 0.05) is 9.85 Å². The Bertz CT molecular complexity index is 611. The van der Waals surface area contributed by atoms with Crippen molar-refractivity contribution >= 4 is 33.4 Å². The zero-order chi connectivity index (χ0) is 14.8. The molecule has 0 saturated heterocycles. The van der Waals surface area contributed by atoms with E-state index in [0.29, 0.717) is 6.54 Å². The summed E-state index contributed by atoms with van der Waals surface area (Å²) in [5.41, 5.74) is 2.31. The molecule has 1 N–H and O–H groups in total. The molecule has 2 aromatic rings. The molecule has 0 aliphatic rings. The Morgan fingerprint density at radius 3 is 2.80 bits per heavy atom. The van der Waals surface area contributed by atoms with Gasteiger partial charge in [0.25, 0.3) is 0 Å². The van der Waals surface area contributed by atoms with E-state index in [1.54, 1.807) is 0 Å². The Labute approximate surface area is 130 Å². The Balaban J connectivity index is 2.11. The van der Waals surface area contributed by atoms with E-state index in [-0.39, 0.29) is 5.91 Å². The summed E-state index contributed by atoms with van der Waals surface area (Å²) in [5.74, 6) is -0.0211. The number of halogens is 1. The highest BCUT2D eigenvalue weighted by atomic mass is 79.9. The molecule has 4 nitrogen and oxygen atoms in total. The van der Waals surface area contributed by atoms with Crippen molar-refractivity contribution < 1.29 is 4.79 Å². The van der Waals surface area contributed by atoms with Gasteiger partial charge in [0.2, 0.25) is 5.91 Å². The van der Waals surface area contributed by atoms with Gasteiger partial charge in [-0.05, 0) is 49.5 Å². The number of hydrogen-bond acceptors (Lipinski definition) is 4. The minimum Gasteiger partial charge on any atom is -0.350 e. The summed E-state index contributed by atoms with van der Waals surface area (Å²) in [5, 5.41) is 8.66. The first kappa shape index (κ1) is 15.1. The van der Waals surface area contributed by atoms with E-state index in [1.165, 1.54) is 11.5 Å².